The molecule has 5 heterocycles. The van der Waals surface area contributed by atoms with Gasteiger partial charge in [0.25, 0.3) is 0 Å². The Labute approximate surface area is 174 Å². The van der Waals surface area contributed by atoms with Gasteiger partial charge in [0.15, 0.2) is 5.82 Å². The Morgan fingerprint density at radius 1 is 1.19 bits per heavy atom. The number of aromatic nitrogens is 8. The van der Waals surface area contributed by atoms with Crippen molar-refractivity contribution < 1.29 is 13.9 Å². The minimum absolute atomic E-state index is 0.221. The maximum atomic E-state index is 15.0. The lowest BCUT2D eigenvalue weighted by atomic mass is 10.00. The first-order valence-electron chi connectivity index (χ1n) is 9.53. The second kappa shape index (κ2) is 6.65. The molecule has 1 amide bonds. The predicted octanol–water partition coefficient (Wildman–Crippen LogP) is 1.40. The summed E-state index contributed by atoms with van der Waals surface area (Å²) in [5.74, 6) is 0.0820. The van der Waals surface area contributed by atoms with Gasteiger partial charge in [-0.1, -0.05) is 5.21 Å². The van der Waals surface area contributed by atoms with Crippen LogP contribution in [0.25, 0.3) is 16.9 Å². The molecule has 0 radical (unpaired) electrons. The zero-order valence-electron chi connectivity index (χ0n) is 15.9. The zero-order valence-corrected chi connectivity index (χ0v) is 15.9. The molecule has 6 rings (SSSR count). The third-order valence-corrected chi connectivity index (χ3v) is 5.55. The molecule has 154 valence electrons. The van der Waals surface area contributed by atoms with Gasteiger partial charge in [-0.2, -0.15) is 4.68 Å². The van der Waals surface area contributed by atoms with Crippen LogP contribution >= 0.6 is 0 Å². The molecule has 0 N–H and O–H groups in total. The van der Waals surface area contributed by atoms with Crippen LogP contribution in [0.2, 0.25) is 0 Å². The van der Waals surface area contributed by atoms with Gasteiger partial charge in [0.05, 0.1) is 24.5 Å². The number of nitrogens with zero attached hydrogens (tertiary/aromatic N) is 9. The quantitative estimate of drug-likeness (QED) is 0.487. The molecule has 2 aliphatic heterocycles. The smallest absolute Gasteiger partial charge is 0.415 e. The molecule has 0 spiro atoms. The van der Waals surface area contributed by atoms with Crippen LogP contribution in [0.15, 0.2) is 49.2 Å². The number of fused-ring (bicyclic) bond motifs is 3. The zero-order chi connectivity index (χ0) is 20.9. The number of carbonyl (C=O) groups is 1. The average molecular weight is 419 g/mol. The van der Waals surface area contributed by atoms with Gasteiger partial charge in [-0.25, -0.2) is 18.9 Å². The third kappa shape index (κ3) is 2.83. The molecule has 1 saturated heterocycles. The number of cyclic esters (lactones) is 1. The van der Waals surface area contributed by atoms with E-state index in [0.717, 1.165) is 5.56 Å². The summed E-state index contributed by atoms with van der Waals surface area (Å²) >= 11 is 0. The number of hydrogen-bond donors (Lipinski definition) is 0. The van der Waals surface area contributed by atoms with Crippen molar-refractivity contribution in [1.29, 1.82) is 0 Å². The van der Waals surface area contributed by atoms with Crippen LogP contribution in [0.1, 0.15) is 5.56 Å². The number of benzene rings is 1. The molecule has 3 aromatic heterocycles. The highest BCUT2D eigenvalue weighted by molar-refractivity contribution is 5.94. The van der Waals surface area contributed by atoms with Gasteiger partial charge in [-0.05, 0) is 46.7 Å². The Hall–Kier alpha value is -4.22. The van der Waals surface area contributed by atoms with Crippen molar-refractivity contribution in [3.63, 3.8) is 0 Å². The molecule has 1 aromatic carbocycles. The van der Waals surface area contributed by atoms with Crippen LogP contribution in [0, 0.1) is 5.82 Å². The van der Waals surface area contributed by atoms with E-state index < -0.39 is 18.0 Å². The predicted molar refractivity (Wildman–Crippen MR) is 103 cm³/mol. The average Bonchev–Trinajstić information content (AvgIpc) is 3.55. The number of pyridine rings is 1. The second-order valence-corrected chi connectivity index (χ2v) is 7.31. The Morgan fingerprint density at radius 3 is 2.87 bits per heavy atom. The number of hydrogen-bond acceptors (Lipinski definition) is 8. The molecule has 1 fully saturated rings. The minimum Gasteiger partial charge on any atom is -0.442 e. The van der Waals surface area contributed by atoms with Crippen LogP contribution in [0.4, 0.5) is 14.9 Å². The molecular weight excluding hydrogens is 405 g/mol. The summed E-state index contributed by atoms with van der Waals surface area (Å²) in [5, 5.41) is 18.7. The first-order chi connectivity index (χ1) is 15.2. The molecule has 0 aliphatic carbocycles. The first kappa shape index (κ1) is 17.6. The second-order valence-electron chi connectivity index (χ2n) is 7.31. The van der Waals surface area contributed by atoms with Crippen LogP contribution in [-0.2, 0) is 17.7 Å². The number of carbonyl (C=O) groups excluding carboxylic acids is 1. The molecule has 4 aromatic rings. The first-order valence-corrected chi connectivity index (χ1v) is 9.53. The van der Waals surface area contributed by atoms with Gasteiger partial charge in [0.2, 0.25) is 0 Å². The number of amides is 1. The highest BCUT2D eigenvalue weighted by Gasteiger charge is 2.48. The fraction of sp³-hybridized carbons (Fsp3) is 0.211. The van der Waals surface area contributed by atoms with Crippen LogP contribution in [-0.4, -0.2) is 58.4 Å². The Morgan fingerprint density at radius 2 is 2.13 bits per heavy atom. The lowest BCUT2D eigenvalue weighted by Gasteiger charge is -2.16. The summed E-state index contributed by atoms with van der Waals surface area (Å²) in [7, 11) is 0. The fourth-order valence-corrected chi connectivity index (χ4v) is 4.13. The highest BCUT2D eigenvalue weighted by atomic mass is 19.1. The van der Waals surface area contributed by atoms with Gasteiger partial charge in [-0.15, -0.1) is 10.2 Å². The fourth-order valence-electron chi connectivity index (χ4n) is 4.13. The number of ether oxygens (including phenoxy) is 1. The van der Waals surface area contributed by atoms with Crippen LogP contribution in [0.5, 0.6) is 0 Å². The Balaban J connectivity index is 1.31. The van der Waals surface area contributed by atoms with Crippen molar-refractivity contribution in [2.45, 2.75) is 25.1 Å². The van der Waals surface area contributed by atoms with Crippen molar-refractivity contribution in [2.24, 2.45) is 0 Å². The van der Waals surface area contributed by atoms with Gasteiger partial charge in [-0.3, -0.25) is 4.90 Å². The van der Waals surface area contributed by atoms with Gasteiger partial charge >= 0.3 is 6.09 Å². The monoisotopic (exact) mass is 419 g/mol. The minimum atomic E-state index is -0.478. The van der Waals surface area contributed by atoms with E-state index in [-0.39, 0.29) is 6.04 Å². The molecule has 31 heavy (non-hydrogen) atoms. The Kier molecular flexibility index (Phi) is 3.78. The lowest BCUT2D eigenvalue weighted by Crippen LogP contribution is -2.35. The molecule has 12 heteroatoms. The van der Waals surface area contributed by atoms with Gasteiger partial charge in [0.1, 0.15) is 18.2 Å². The van der Waals surface area contributed by atoms with Crippen molar-refractivity contribution in [2.75, 3.05) is 4.90 Å². The Bertz CT molecular complexity index is 1260. The summed E-state index contributed by atoms with van der Waals surface area (Å²) in [5.41, 5.74) is 2.45. The van der Waals surface area contributed by atoms with Crippen LogP contribution in [0.3, 0.4) is 0 Å². The normalized spacial score (nSPS) is 19.4. The van der Waals surface area contributed by atoms with Crippen molar-refractivity contribution in [1.82, 2.24) is 40.2 Å². The van der Waals surface area contributed by atoms with E-state index in [1.165, 1.54) is 22.0 Å². The number of anilines is 1. The third-order valence-electron chi connectivity index (χ3n) is 5.55. The van der Waals surface area contributed by atoms with Crippen molar-refractivity contribution in [3.05, 3.63) is 60.6 Å². The molecule has 2 atom stereocenters. The topological polar surface area (TPSA) is 117 Å². The molecule has 0 bridgehead atoms. The van der Waals surface area contributed by atoms with Crippen molar-refractivity contribution in [3.8, 4) is 16.9 Å². The van der Waals surface area contributed by atoms with Gasteiger partial charge in [0, 0.05) is 23.5 Å². The number of halogens is 1. The van der Waals surface area contributed by atoms with Gasteiger partial charge < -0.3 is 4.74 Å². The maximum absolute atomic E-state index is 15.0. The summed E-state index contributed by atoms with van der Waals surface area (Å²) in [6.07, 6.45) is 5.96. The molecule has 0 unspecified atom stereocenters. The lowest BCUT2D eigenvalue weighted by molar-refractivity contribution is 0.117. The van der Waals surface area contributed by atoms with Crippen LogP contribution < -0.4 is 4.90 Å². The van der Waals surface area contributed by atoms with E-state index in [1.807, 2.05) is 0 Å². The van der Waals surface area contributed by atoms with E-state index in [1.54, 1.807) is 41.5 Å². The summed E-state index contributed by atoms with van der Waals surface area (Å²) in [6.45, 7) is 0.388. The largest absolute Gasteiger partial charge is 0.442 e. The molecule has 0 saturated carbocycles. The van der Waals surface area contributed by atoms with E-state index in [2.05, 4.69) is 30.8 Å². The highest BCUT2D eigenvalue weighted by Crippen LogP contribution is 2.42. The van der Waals surface area contributed by atoms with E-state index in [4.69, 9.17) is 4.74 Å². The maximum Gasteiger partial charge on any atom is 0.415 e. The molecular formula is C19H14FN9O2. The number of tetrazole rings is 1. The molecule has 11 nitrogen and oxygen atoms in total. The molecule has 2 aliphatic rings. The van der Waals surface area contributed by atoms with Crippen molar-refractivity contribution >= 4 is 11.8 Å². The van der Waals surface area contributed by atoms with E-state index in [0.29, 0.717) is 35.6 Å². The summed E-state index contributed by atoms with van der Waals surface area (Å²) < 4.78 is 23.6. The van der Waals surface area contributed by atoms with E-state index >= 15 is 4.39 Å². The standard InChI is InChI=1S/C19H14FN9O2/c20-14-7-15-12(5-13(14)11-1-2-18(21-8-11)28-10-23-24-26-28)6-16-17(31-19(30)29(15)16)9-27-4-3-22-25-27/h1-5,7-8,10,16-17H,6,9H2/t16-,17-/m0/s1. The summed E-state index contributed by atoms with van der Waals surface area (Å²) in [4.78, 5) is 18.3. The SMILES string of the molecule is O=C1O[C@@H](Cn2ccnn2)[C@@H]2Cc3cc(-c4ccc(-n5cnnn5)nc4)c(F)cc3N12. The number of rotatable bonds is 4. The van der Waals surface area contributed by atoms with E-state index in [9.17, 15) is 4.79 Å². The summed E-state index contributed by atoms with van der Waals surface area (Å²) in [6, 6.07) is 6.41.